The first-order valence-electron chi connectivity index (χ1n) is 5.58. The fraction of sp³-hybridized carbons (Fsp3) is 0.636. The Labute approximate surface area is 95.2 Å². The first-order chi connectivity index (χ1) is 7.65. The second-order valence-electron chi connectivity index (χ2n) is 4.38. The molecule has 0 spiro atoms. The number of amides is 1. The van der Waals surface area contributed by atoms with Gasteiger partial charge in [-0.15, -0.1) is 0 Å². The molecule has 0 aromatic carbocycles. The SMILES string of the molecule is CN1C(=O)CC[C@H](CN)[C@H]1c1nccn1C. The summed E-state index contributed by atoms with van der Waals surface area (Å²) in [6, 6.07) is 0.0197. The van der Waals surface area contributed by atoms with Gasteiger partial charge in [-0.2, -0.15) is 0 Å². The molecule has 2 heterocycles. The van der Waals surface area contributed by atoms with E-state index >= 15 is 0 Å². The second kappa shape index (κ2) is 4.25. The van der Waals surface area contributed by atoms with Crippen LogP contribution in [0.15, 0.2) is 12.4 Å². The average Bonchev–Trinajstić information content (AvgIpc) is 2.68. The summed E-state index contributed by atoms with van der Waals surface area (Å²) in [5.74, 6) is 1.41. The Morgan fingerprint density at radius 2 is 2.31 bits per heavy atom. The molecule has 0 aliphatic carbocycles. The van der Waals surface area contributed by atoms with Crippen LogP contribution in [0, 0.1) is 5.92 Å². The third kappa shape index (κ3) is 1.71. The van der Waals surface area contributed by atoms with Crippen molar-refractivity contribution < 1.29 is 4.79 Å². The molecule has 0 saturated carbocycles. The number of aryl methyl sites for hydroxylation is 1. The van der Waals surface area contributed by atoms with Gasteiger partial charge in [0, 0.05) is 32.9 Å². The van der Waals surface area contributed by atoms with Crippen LogP contribution < -0.4 is 5.73 Å². The third-order valence-electron chi connectivity index (χ3n) is 3.41. The lowest BCUT2D eigenvalue weighted by Crippen LogP contribution is -2.43. The minimum atomic E-state index is 0.0197. The zero-order chi connectivity index (χ0) is 11.7. The van der Waals surface area contributed by atoms with Gasteiger partial charge in [0.25, 0.3) is 0 Å². The molecule has 0 unspecified atom stereocenters. The van der Waals surface area contributed by atoms with Crippen LogP contribution in [0.1, 0.15) is 24.7 Å². The lowest BCUT2D eigenvalue weighted by atomic mass is 9.88. The van der Waals surface area contributed by atoms with Crippen LogP contribution in [-0.2, 0) is 11.8 Å². The maximum absolute atomic E-state index is 11.7. The quantitative estimate of drug-likeness (QED) is 0.782. The van der Waals surface area contributed by atoms with Crippen molar-refractivity contribution in [3.05, 3.63) is 18.2 Å². The Morgan fingerprint density at radius 1 is 1.56 bits per heavy atom. The highest BCUT2D eigenvalue weighted by molar-refractivity contribution is 5.77. The second-order valence-corrected chi connectivity index (χ2v) is 4.38. The smallest absolute Gasteiger partial charge is 0.222 e. The molecule has 1 amide bonds. The molecular formula is C11H18N4O. The molecule has 0 bridgehead atoms. The summed E-state index contributed by atoms with van der Waals surface area (Å²) in [6.07, 6.45) is 5.11. The summed E-state index contributed by atoms with van der Waals surface area (Å²) >= 11 is 0. The van der Waals surface area contributed by atoms with Crippen LogP contribution in [0.2, 0.25) is 0 Å². The molecule has 0 radical (unpaired) electrons. The van der Waals surface area contributed by atoms with Crippen LogP contribution in [0.25, 0.3) is 0 Å². The standard InChI is InChI=1S/C11H18N4O/c1-14-6-5-13-11(14)10-8(7-12)3-4-9(16)15(10)2/h5-6,8,10H,3-4,7,12H2,1-2H3/t8-,10+/m1/s1. The largest absolute Gasteiger partial charge is 0.336 e. The molecule has 2 rings (SSSR count). The molecule has 1 aliphatic rings. The fourth-order valence-electron chi connectivity index (χ4n) is 2.41. The summed E-state index contributed by atoms with van der Waals surface area (Å²) in [4.78, 5) is 17.8. The molecular weight excluding hydrogens is 204 g/mol. The first kappa shape index (κ1) is 11.1. The number of carbonyl (C=O) groups is 1. The van der Waals surface area contributed by atoms with E-state index in [1.54, 1.807) is 11.1 Å². The number of carbonyl (C=O) groups excluding carboxylic acids is 1. The summed E-state index contributed by atoms with van der Waals surface area (Å²) in [5.41, 5.74) is 5.78. The van der Waals surface area contributed by atoms with Gasteiger partial charge >= 0.3 is 0 Å². The van der Waals surface area contributed by atoms with Crippen molar-refractivity contribution in [1.82, 2.24) is 14.5 Å². The summed E-state index contributed by atoms with van der Waals surface area (Å²) in [7, 11) is 3.78. The molecule has 1 fully saturated rings. The highest BCUT2D eigenvalue weighted by Gasteiger charge is 2.35. The van der Waals surface area contributed by atoms with Crippen LogP contribution in [-0.4, -0.2) is 34.0 Å². The van der Waals surface area contributed by atoms with E-state index in [-0.39, 0.29) is 11.9 Å². The van der Waals surface area contributed by atoms with Gasteiger partial charge in [0.2, 0.25) is 5.91 Å². The Kier molecular flexibility index (Phi) is 2.96. The maximum atomic E-state index is 11.7. The summed E-state index contributed by atoms with van der Waals surface area (Å²) in [6.45, 7) is 0.592. The van der Waals surface area contributed by atoms with Crippen molar-refractivity contribution in [3.63, 3.8) is 0 Å². The van der Waals surface area contributed by atoms with Gasteiger partial charge in [0.1, 0.15) is 5.82 Å². The van der Waals surface area contributed by atoms with E-state index in [2.05, 4.69) is 4.98 Å². The van der Waals surface area contributed by atoms with E-state index in [0.29, 0.717) is 18.9 Å². The van der Waals surface area contributed by atoms with Gasteiger partial charge in [-0.1, -0.05) is 0 Å². The Morgan fingerprint density at radius 3 is 2.88 bits per heavy atom. The molecule has 88 valence electrons. The average molecular weight is 222 g/mol. The first-order valence-corrected chi connectivity index (χ1v) is 5.58. The van der Waals surface area contributed by atoms with Gasteiger partial charge in [0.15, 0.2) is 0 Å². The molecule has 5 heteroatoms. The molecule has 5 nitrogen and oxygen atoms in total. The number of piperidine rings is 1. The number of imidazole rings is 1. The van der Waals surface area contributed by atoms with E-state index in [9.17, 15) is 4.79 Å². The highest BCUT2D eigenvalue weighted by atomic mass is 16.2. The summed E-state index contributed by atoms with van der Waals surface area (Å²) < 4.78 is 1.96. The Bertz CT molecular complexity index is 387. The van der Waals surface area contributed by atoms with E-state index in [1.165, 1.54) is 0 Å². The van der Waals surface area contributed by atoms with Gasteiger partial charge in [-0.3, -0.25) is 4.79 Å². The molecule has 16 heavy (non-hydrogen) atoms. The van der Waals surface area contributed by atoms with Crippen molar-refractivity contribution in [3.8, 4) is 0 Å². The van der Waals surface area contributed by atoms with Crippen LogP contribution in [0.4, 0.5) is 0 Å². The monoisotopic (exact) mass is 222 g/mol. The molecule has 1 aromatic rings. The molecule has 2 N–H and O–H groups in total. The van der Waals surface area contributed by atoms with Crippen LogP contribution in [0.3, 0.4) is 0 Å². The number of hydrogen-bond acceptors (Lipinski definition) is 3. The fourth-order valence-corrected chi connectivity index (χ4v) is 2.41. The maximum Gasteiger partial charge on any atom is 0.222 e. The number of likely N-dealkylation sites (tertiary alicyclic amines) is 1. The van der Waals surface area contributed by atoms with Gasteiger partial charge in [0.05, 0.1) is 6.04 Å². The Balaban J connectivity index is 2.34. The lowest BCUT2D eigenvalue weighted by molar-refractivity contribution is -0.137. The lowest BCUT2D eigenvalue weighted by Gasteiger charge is -2.37. The van der Waals surface area contributed by atoms with Crippen molar-refractivity contribution in [2.45, 2.75) is 18.9 Å². The predicted molar refractivity (Wildman–Crippen MR) is 60.5 cm³/mol. The van der Waals surface area contributed by atoms with Gasteiger partial charge in [-0.05, 0) is 18.9 Å². The predicted octanol–water partition coefficient (Wildman–Crippen LogP) is 0.288. The molecule has 2 atom stereocenters. The van der Waals surface area contributed by atoms with Gasteiger partial charge in [-0.25, -0.2) is 4.98 Å². The highest BCUT2D eigenvalue weighted by Crippen LogP contribution is 2.33. The number of nitrogens with two attached hydrogens (primary N) is 1. The van der Waals surface area contributed by atoms with Crippen molar-refractivity contribution in [2.75, 3.05) is 13.6 Å². The van der Waals surface area contributed by atoms with Crippen molar-refractivity contribution >= 4 is 5.91 Å². The van der Waals surface area contributed by atoms with Crippen molar-refractivity contribution in [1.29, 1.82) is 0 Å². The third-order valence-corrected chi connectivity index (χ3v) is 3.41. The van der Waals surface area contributed by atoms with Crippen LogP contribution in [0.5, 0.6) is 0 Å². The summed E-state index contributed by atoms with van der Waals surface area (Å²) in [5, 5.41) is 0. The van der Waals surface area contributed by atoms with E-state index < -0.39 is 0 Å². The number of hydrogen-bond donors (Lipinski definition) is 1. The normalized spacial score (nSPS) is 26.2. The number of nitrogens with zero attached hydrogens (tertiary/aromatic N) is 3. The van der Waals surface area contributed by atoms with E-state index in [0.717, 1.165) is 12.2 Å². The number of rotatable bonds is 2. The molecule has 1 saturated heterocycles. The number of aromatic nitrogens is 2. The zero-order valence-corrected chi connectivity index (χ0v) is 9.76. The zero-order valence-electron chi connectivity index (χ0n) is 9.76. The minimum absolute atomic E-state index is 0.0197. The van der Waals surface area contributed by atoms with Crippen molar-refractivity contribution in [2.24, 2.45) is 18.7 Å². The van der Waals surface area contributed by atoms with E-state index in [1.807, 2.05) is 24.9 Å². The molecule has 1 aliphatic heterocycles. The molecule has 1 aromatic heterocycles. The van der Waals surface area contributed by atoms with Crippen LogP contribution >= 0.6 is 0 Å². The minimum Gasteiger partial charge on any atom is -0.336 e. The van der Waals surface area contributed by atoms with Gasteiger partial charge < -0.3 is 15.2 Å². The Hall–Kier alpha value is -1.36. The topological polar surface area (TPSA) is 64.2 Å². The van der Waals surface area contributed by atoms with E-state index in [4.69, 9.17) is 5.73 Å².